The van der Waals surface area contributed by atoms with Gasteiger partial charge in [-0.25, -0.2) is 4.98 Å². The lowest BCUT2D eigenvalue weighted by molar-refractivity contribution is -0.113. The molecule has 0 bridgehead atoms. The number of rotatable bonds is 4. The van der Waals surface area contributed by atoms with Gasteiger partial charge in [0.05, 0.1) is 5.75 Å². The number of nitrogens with one attached hydrogen (secondary N) is 2. The topological polar surface area (TPSA) is 70.7 Å². The minimum Gasteiger partial charge on any atom is -0.325 e. The minimum atomic E-state index is -0.0545. The van der Waals surface area contributed by atoms with E-state index in [1.807, 2.05) is 39.0 Å². The Morgan fingerprint density at radius 1 is 1.37 bits per heavy atom. The number of anilines is 1. The van der Waals surface area contributed by atoms with Crippen LogP contribution in [0.2, 0.25) is 0 Å². The largest absolute Gasteiger partial charge is 0.325 e. The summed E-state index contributed by atoms with van der Waals surface area (Å²) >= 11 is 1.31. The van der Waals surface area contributed by atoms with E-state index in [0.29, 0.717) is 10.9 Å². The van der Waals surface area contributed by atoms with Gasteiger partial charge >= 0.3 is 0 Å². The number of hydrogen-bond donors (Lipinski definition) is 2. The first kappa shape index (κ1) is 13.6. The molecule has 1 heterocycles. The number of nitrogens with zero attached hydrogens (tertiary/aromatic N) is 2. The van der Waals surface area contributed by atoms with E-state index in [0.717, 1.165) is 22.6 Å². The van der Waals surface area contributed by atoms with Gasteiger partial charge in [0, 0.05) is 5.69 Å². The van der Waals surface area contributed by atoms with E-state index in [1.54, 1.807) is 0 Å². The van der Waals surface area contributed by atoms with Crippen LogP contribution in [0, 0.1) is 20.8 Å². The van der Waals surface area contributed by atoms with Crippen LogP contribution < -0.4 is 5.32 Å². The fourth-order valence-corrected chi connectivity index (χ4v) is 2.22. The molecule has 1 amide bonds. The predicted octanol–water partition coefficient (Wildman–Crippen LogP) is 2.46. The maximum absolute atomic E-state index is 11.9. The van der Waals surface area contributed by atoms with E-state index in [-0.39, 0.29) is 5.91 Å². The van der Waals surface area contributed by atoms with Gasteiger partial charge in [-0.1, -0.05) is 23.9 Å². The Morgan fingerprint density at radius 2 is 2.16 bits per heavy atom. The average Bonchev–Trinajstić information content (AvgIpc) is 2.77. The van der Waals surface area contributed by atoms with Gasteiger partial charge in [-0.05, 0) is 38.0 Å². The molecule has 0 unspecified atom stereocenters. The maximum atomic E-state index is 11.9. The Bertz CT molecular complexity index is 594. The zero-order valence-electron chi connectivity index (χ0n) is 11.2. The van der Waals surface area contributed by atoms with Crippen LogP contribution in [0.15, 0.2) is 23.4 Å². The smallest absolute Gasteiger partial charge is 0.234 e. The number of thioether (sulfide) groups is 1. The van der Waals surface area contributed by atoms with Crippen molar-refractivity contribution in [3.63, 3.8) is 0 Å². The summed E-state index contributed by atoms with van der Waals surface area (Å²) in [6.45, 7) is 5.80. The van der Waals surface area contributed by atoms with Crippen molar-refractivity contribution in [2.24, 2.45) is 0 Å². The highest BCUT2D eigenvalue weighted by atomic mass is 32.2. The first-order chi connectivity index (χ1) is 9.04. The van der Waals surface area contributed by atoms with Crippen LogP contribution in [0.4, 0.5) is 5.69 Å². The molecule has 0 saturated carbocycles. The van der Waals surface area contributed by atoms with Gasteiger partial charge in [0.1, 0.15) is 5.82 Å². The molecule has 2 aromatic rings. The number of aromatic amines is 1. The standard InChI is InChI=1S/C13H16N4OS/c1-8-4-5-9(2)11(6-8)15-12(18)7-19-13-14-10(3)16-17-13/h4-6H,7H2,1-3H3,(H,15,18)(H,14,16,17). The van der Waals surface area contributed by atoms with Gasteiger partial charge in [0.15, 0.2) is 0 Å². The Morgan fingerprint density at radius 3 is 2.84 bits per heavy atom. The fraction of sp³-hybridized carbons (Fsp3) is 0.308. The summed E-state index contributed by atoms with van der Waals surface area (Å²) in [7, 11) is 0. The molecular weight excluding hydrogens is 260 g/mol. The number of hydrogen-bond acceptors (Lipinski definition) is 4. The van der Waals surface area contributed by atoms with Crippen molar-refractivity contribution in [3.8, 4) is 0 Å². The van der Waals surface area contributed by atoms with Crippen molar-refractivity contribution in [3.05, 3.63) is 35.2 Å². The highest BCUT2D eigenvalue weighted by Crippen LogP contribution is 2.18. The molecule has 2 N–H and O–H groups in total. The van der Waals surface area contributed by atoms with E-state index >= 15 is 0 Å². The van der Waals surface area contributed by atoms with Gasteiger partial charge in [0.25, 0.3) is 0 Å². The van der Waals surface area contributed by atoms with E-state index in [2.05, 4.69) is 20.5 Å². The fourth-order valence-electron chi connectivity index (χ4n) is 1.57. The summed E-state index contributed by atoms with van der Waals surface area (Å²) in [4.78, 5) is 16.0. The number of aromatic nitrogens is 3. The van der Waals surface area contributed by atoms with Gasteiger partial charge in [0.2, 0.25) is 11.1 Å². The van der Waals surface area contributed by atoms with E-state index in [4.69, 9.17) is 0 Å². The van der Waals surface area contributed by atoms with Gasteiger partial charge < -0.3 is 5.32 Å². The molecule has 0 atom stereocenters. The molecule has 0 spiro atoms. The first-order valence-electron chi connectivity index (χ1n) is 5.93. The first-order valence-corrected chi connectivity index (χ1v) is 6.92. The molecule has 0 fully saturated rings. The highest BCUT2D eigenvalue weighted by molar-refractivity contribution is 7.99. The number of H-pyrrole nitrogens is 1. The summed E-state index contributed by atoms with van der Waals surface area (Å²) < 4.78 is 0. The monoisotopic (exact) mass is 276 g/mol. The maximum Gasteiger partial charge on any atom is 0.234 e. The molecule has 100 valence electrons. The third-order valence-corrected chi connectivity index (χ3v) is 3.42. The summed E-state index contributed by atoms with van der Waals surface area (Å²) in [6, 6.07) is 5.99. The minimum absolute atomic E-state index is 0.0545. The average molecular weight is 276 g/mol. The molecule has 0 aliphatic carbocycles. The SMILES string of the molecule is Cc1ccc(C)c(NC(=O)CSc2n[nH]c(C)n2)c1. The quantitative estimate of drug-likeness (QED) is 0.842. The number of amides is 1. The van der Waals surface area contributed by atoms with Crippen molar-refractivity contribution >= 4 is 23.4 Å². The van der Waals surface area contributed by atoms with E-state index in [9.17, 15) is 4.79 Å². The molecule has 0 saturated heterocycles. The Labute approximate surface area is 116 Å². The van der Waals surface area contributed by atoms with Crippen molar-refractivity contribution in [2.75, 3.05) is 11.1 Å². The zero-order chi connectivity index (χ0) is 13.8. The second-order valence-corrected chi connectivity index (χ2v) is 5.30. The number of carbonyl (C=O) groups excluding carboxylic acids is 1. The van der Waals surface area contributed by atoms with Crippen LogP contribution in [0.1, 0.15) is 17.0 Å². The second-order valence-electron chi connectivity index (χ2n) is 4.36. The van der Waals surface area contributed by atoms with E-state index in [1.165, 1.54) is 11.8 Å². The molecule has 1 aromatic heterocycles. The lowest BCUT2D eigenvalue weighted by Gasteiger charge is -2.08. The van der Waals surface area contributed by atoms with Crippen LogP contribution >= 0.6 is 11.8 Å². The molecule has 19 heavy (non-hydrogen) atoms. The molecule has 2 rings (SSSR count). The number of carbonyl (C=O) groups is 1. The zero-order valence-corrected chi connectivity index (χ0v) is 12.0. The number of aryl methyl sites for hydroxylation is 3. The predicted molar refractivity (Wildman–Crippen MR) is 76.4 cm³/mol. The highest BCUT2D eigenvalue weighted by Gasteiger charge is 2.08. The van der Waals surface area contributed by atoms with Crippen molar-refractivity contribution in [1.82, 2.24) is 15.2 Å². The normalized spacial score (nSPS) is 10.5. The second kappa shape index (κ2) is 5.88. The lowest BCUT2D eigenvalue weighted by atomic mass is 10.1. The van der Waals surface area contributed by atoms with Crippen LogP contribution in [0.5, 0.6) is 0 Å². The Kier molecular flexibility index (Phi) is 4.21. The van der Waals surface area contributed by atoms with Crippen LogP contribution in [-0.2, 0) is 4.79 Å². The molecule has 6 heteroatoms. The third kappa shape index (κ3) is 3.82. The molecule has 0 radical (unpaired) electrons. The summed E-state index contributed by atoms with van der Waals surface area (Å²) in [5, 5.41) is 10.2. The summed E-state index contributed by atoms with van der Waals surface area (Å²) in [6.07, 6.45) is 0. The van der Waals surface area contributed by atoms with Crippen LogP contribution in [0.3, 0.4) is 0 Å². The summed E-state index contributed by atoms with van der Waals surface area (Å²) in [5.41, 5.74) is 3.03. The molecule has 0 aliphatic rings. The molecular formula is C13H16N4OS. The Balaban J connectivity index is 1.92. The van der Waals surface area contributed by atoms with Crippen LogP contribution in [0.25, 0.3) is 0 Å². The van der Waals surface area contributed by atoms with Crippen LogP contribution in [-0.4, -0.2) is 26.8 Å². The molecule has 0 aliphatic heterocycles. The third-order valence-electron chi connectivity index (χ3n) is 2.58. The molecule has 5 nitrogen and oxygen atoms in total. The van der Waals surface area contributed by atoms with Crippen molar-refractivity contribution in [1.29, 1.82) is 0 Å². The van der Waals surface area contributed by atoms with Crippen molar-refractivity contribution in [2.45, 2.75) is 25.9 Å². The number of benzene rings is 1. The molecule has 1 aromatic carbocycles. The van der Waals surface area contributed by atoms with Gasteiger partial charge in [-0.2, -0.15) is 0 Å². The van der Waals surface area contributed by atoms with Gasteiger partial charge in [-0.3, -0.25) is 9.89 Å². The van der Waals surface area contributed by atoms with Gasteiger partial charge in [-0.15, -0.1) is 5.10 Å². The van der Waals surface area contributed by atoms with Crippen molar-refractivity contribution < 1.29 is 4.79 Å². The summed E-state index contributed by atoms with van der Waals surface area (Å²) in [5.74, 6) is 0.989. The lowest BCUT2D eigenvalue weighted by Crippen LogP contribution is -2.15. The van der Waals surface area contributed by atoms with E-state index < -0.39 is 0 Å². The Hall–Kier alpha value is -1.82.